The SMILES string of the molecule is Clc1ccc(CNC2CC3CC4CCC2C(C4)C3)nn1. The van der Waals surface area contributed by atoms with Crippen molar-refractivity contribution in [2.75, 3.05) is 0 Å². The zero-order valence-corrected chi connectivity index (χ0v) is 12.5. The van der Waals surface area contributed by atoms with Crippen LogP contribution in [0.2, 0.25) is 5.15 Å². The van der Waals surface area contributed by atoms with Crippen LogP contribution in [0.15, 0.2) is 12.1 Å². The molecule has 3 saturated carbocycles. The number of halogens is 1. The van der Waals surface area contributed by atoms with Gasteiger partial charge in [0.2, 0.25) is 0 Å². The third-order valence-electron chi connectivity index (χ3n) is 5.79. The summed E-state index contributed by atoms with van der Waals surface area (Å²) in [5.74, 6) is 3.93. The van der Waals surface area contributed by atoms with Crippen LogP contribution in [-0.4, -0.2) is 16.2 Å². The Kier molecular flexibility index (Phi) is 3.43. The van der Waals surface area contributed by atoms with Crippen molar-refractivity contribution in [2.24, 2.45) is 23.7 Å². The largest absolute Gasteiger partial charge is 0.308 e. The predicted octanol–water partition coefficient (Wildman–Crippen LogP) is 3.43. The van der Waals surface area contributed by atoms with Crippen molar-refractivity contribution >= 4 is 11.6 Å². The fraction of sp³-hybridized carbons (Fsp3) is 0.750. The summed E-state index contributed by atoms with van der Waals surface area (Å²) in [4.78, 5) is 0. The average molecular weight is 292 g/mol. The van der Waals surface area contributed by atoms with E-state index in [1.165, 1.54) is 38.5 Å². The van der Waals surface area contributed by atoms with E-state index in [4.69, 9.17) is 11.6 Å². The topological polar surface area (TPSA) is 37.8 Å². The minimum Gasteiger partial charge on any atom is -0.308 e. The van der Waals surface area contributed by atoms with Gasteiger partial charge < -0.3 is 5.32 Å². The van der Waals surface area contributed by atoms with Gasteiger partial charge in [-0.1, -0.05) is 18.0 Å². The standard InChI is InChI=1S/C16H22ClN3/c17-16-4-2-13(19-20-16)9-18-15-8-11-5-10-1-3-14(15)12(6-10)7-11/h2,4,10-12,14-15,18H,1,3,5-9H2. The Morgan fingerprint density at radius 1 is 1.05 bits per heavy atom. The number of rotatable bonds is 3. The predicted molar refractivity (Wildman–Crippen MR) is 79.3 cm³/mol. The van der Waals surface area contributed by atoms with E-state index in [0.29, 0.717) is 11.2 Å². The molecular formula is C16H22ClN3. The molecule has 1 aromatic heterocycles. The molecule has 3 nitrogen and oxygen atoms in total. The summed E-state index contributed by atoms with van der Waals surface area (Å²) in [6.07, 6.45) is 8.77. The third kappa shape index (κ3) is 2.46. The Morgan fingerprint density at radius 3 is 2.80 bits per heavy atom. The van der Waals surface area contributed by atoms with Crippen LogP contribution in [-0.2, 0) is 6.54 Å². The summed E-state index contributed by atoms with van der Waals surface area (Å²) in [7, 11) is 0. The summed E-state index contributed by atoms with van der Waals surface area (Å²) >= 11 is 5.78. The first-order valence-electron chi connectivity index (χ1n) is 7.99. The van der Waals surface area contributed by atoms with E-state index in [1.807, 2.05) is 12.1 Å². The molecule has 3 aliphatic rings. The second-order valence-electron chi connectivity index (χ2n) is 7.01. The normalized spacial score (nSPS) is 39.0. The van der Waals surface area contributed by atoms with Crippen LogP contribution in [0, 0.1) is 23.7 Å². The number of hydrogen-bond acceptors (Lipinski definition) is 3. The third-order valence-corrected chi connectivity index (χ3v) is 5.99. The van der Waals surface area contributed by atoms with Crippen molar-refractivity contribution in [3.05, 3.63) is 23.0 Å². The smallest absolute Gasteiger partial charge is 0.151 e. The zero-order chi connectivity index (χ0) is 13.5. The maximum atomic E-state index is 5.78. The molecule has 3 bridgehead atoms. The Balaban J connectivity index is 1.42. The highest BCUT2D eigenvalue weighted by Crippen LogP contribution is 2.52. The first-order valence-corrected chi connectivity index (χ1v) is 8.37. The molecule has 0 spiro atoms. The maximum absolute atomic E-state index is 5.78. The molecule has 0 saturated heterocycles. The van der Waals surface area contributed by atoms with E-state index in [9.17, 15) is 0 Å². The fourth-order valence-electron chi connectivity index (χ4n) is 5.03. The van der Waals surface area contributed by atoms with E-state index >= 15 is 0 Å². The molecule has 1 heterocycles. The van der Waals surface area contributed by atoms with Crippen LogP contribution in [0.1, 0.15) is 44.2 Å². The fourth-order valence-corrected chi connectivity index (χ4v) is 5.13. The lowest BCUT2D eigenvalue weighted by Gasteiger charge is -2.52. The van der Waals surface area contributed by atoms with Gasteiger partial charge in [0.15, 0.2) is 5.15 Å². The van der Waals surface area contributed by atoms with Gasteiger partial charge in [0.25, 0.3) is 0 Å². The van der Waals surface area contributed by atoms with E-state index in [2.05, 4.69) is 15.5 Å². The van der Waals surface area contributed by atoms with Gasteiger partial charge in [-0.05, 0) is 67.9 Å². The van der Waals surface area contributed by atoms with Crippen molar-refractivity contribution in [3.63, 3.8) is 0 Å². The zero-order valence-electron chi connectivity index (χ0n) is 11.8. The molecule has 108 valence electrons. The molecule has 5 unspecified atom stereocenters. The molecular weight excluding hydrogens is 270 g/mol. The Hall–Kier alpha value is -0.670. The lowest BCUT2D eigenvalue weighted by molar-refractivity contribution is 0.00596. The number of aromatic nitrogens is 2. The van der Waals surface area contributed by atoms with Gasteiger partial charge in [-0.2, -0.15) is 5.10 Å². The number of fused-ring (bicyclic) bond motifs is 2. The van der Waals surface area contributed by atoms with Crippen molar-refractivity contribution in [2.45, 2.75) is 51.1 Å². The quantitative estimate of drug-likeness (QED) is 0.927. The molecule has 5 atom stereocenters. The molecule has 4 heteroatoms. The van der Waals surface area contributed by atoms with Gasteiger partial charge in [0.1, 0.15) is 0 Å². The lowest BCUT2D eigenvalue weighted by atomic mass is 9.56. The van der Waals surface area contributed by atoms with Crippen molar-refractivity contribution in [1.82, 2.24) is 15.5 Å². The van der Waals surface area contributed by atoms with Crippen LogP contribution in [0.25, 0.3) is 0 Å². The van der Waals surface area contributed by atoms with Crippen LogP contribution in [0.4, 0.5) is 0 Å². The van der Waals surface area contributed by atoms with Gasteiger partial charge in [-0.25, -0.2) is 0 Å². The molecule has 4 rings (SSSR count). The van der Waals surface area contributed by atoms with E-state index < -0.39 is 0 Å². The summed E-state index contributed by atoms with van der Waals surface area (Å²) in [6, 6.07) is 4.49. The van der Waals surface area contributed by atoms with Gasteiger partial charge in [-0.15, -0.1) is 5.10 Å². The van der Waals surface area contributed by atoms with Crippen LogP contribution < -0.4 is 5.32 Å². The van der Waals surface area contributed by atoms with Crippen molar-refractivity contribution in [1.29, 1.82) is 0 Å². The van der Waals surface area contributed by atoms with E-state index in [1.54, 1.807) is 0 Å². The molecule has 1 aromatic rings. The van der Waals surface area contributed by atoms with Crippen molar-refractivity contribution in [3.8, 4) is 0 Å². The average Bonchev–Trinajstić information content (AvgIpc) is 2.44. The lowest BCUT2D eigenvalue weighted by Crippen LogP contribution is -2.50. The number of nitrogens with zero attached hydrogens (tertiary/aromatic N) is 2. The van der Waals surface area contributed by atoms with Crippen LogP contribution >= 0.6 is 11.6 Å². The Morgan fingerprint density at radius 2 is 1.95 bits per heavy atom. The molecule has 0 radical (unpaired) electrons. The van der Waals surface area contributed by atoms with Crippen LogP contribution in [0.3, 0.4) is 0 Å². The Bertz CT molecular complexity index is 469. The van der Waals surface area contributed by atoms with Crippen molar-refractivity contribution < 1.29 is 0 Å². The maximum Gasteiger partial charge on any atom is 0.151 e. The second kappa shape index (κ2) is 5.27. The molecule has 0 aliphatic heterocycles. The minimum atomic E-state index is 0.472. The highest BCUT2D eigenvalue weighted by Gasteiger charge is 2.45. The summed E-state index contributed by atoms with van der Waals surface area (Å²) in [5.41, 5.74) is 0.999. The molecule has 20 heavy (non-hydrogen) atoms. The first-order chi connectivity index (χ1) is 9.78. The minimum absolute atomic E-state index is 0.472. The van der Waals surface area contributed by atoms with Gasteiger partial charge in [-0.3, -0.25) is 0 Å². The van der Waals surface area contributed by atoms with Crippen LogP contribution in [0.5, 0.6) is 0 Å². The second-order valence-corrected chi connectivity index (χ2v) is 7.40. The summed E-state index contributed by atoms with van der Waals surface area (Å²) in [6.45, 7) is 0.828. The van der Waals surface area contributed by atoms with E-state index in [-0.39, 0.29) is 0 Å². The van der Waals surface area contributed by atoms with Gasteiger partial charge in [0.05, 0.1) is 5.69 Å². The molecule has 3 fully saturated rings. The number of nitrogens with one attached hydrogen (secondary N) is 1. The number of hydrogen-bond donors (Lipinski definition) is 1. The molecule has 3 aliphatic carbocycles. The highest BCUT2D eigenvalue weighted by molar-refractivity contribution is 6.29. The van der Waals surface area contributed by atoms with Gasteiger partial charge >= 0.3 is 0 Å². The molecule has 0 amide bonds. The highest BCUT2D eigenvalue weighted by atomic mass is 35.5. The summed E-state index contributed by atoms with van der Waals surface area (Å²) in [5, 5.41) is 12.3. The summed E-state index contributed by atoms with van der Waals surface area (Å²) < 4.78 is 0. The monoisotopic (exact) mass is 291 g/mol. The first kappa shape index (κ1) is 13.0. The molecule has 0 aromatic carbocycles. The van der Waals surface area contributed by atoms with Gasteiger partial charge in [0, 0.05) is 12.6 Å². The molecule has 1 N–H and O–H groups in total. The van der Waals surface area contributed by atoms with E-state index in [0.717, 1.165) is 35.9 Å². The Labute approximate surface area is 125 Å².